The van der Waals surface area contributed by atoms with Crippen LogP contribution in [0, 0.1) is 27.7 Å². The third-order valence-corrected chi connectivity index (χ3v) is 5.79. The first-order valence-corrected chi connectivity index (χ1v) is 10.1. The number of carbonyl (C=O) groups excluding carboxylic acids is 1. The standard InChI is InChI=1S/C24H22N2OS/c1-14-7-8-20(16(3)10-14)26-24(27)19-13-21(22-6-5-9-28-22)25-23-17(4)11-15(2)12-18(19)23/h5-13H,1-4H3,(H,26,27). The molecule has 0 aliphatic rings. The van der Waals surface area contributed by atoms with Gasteiger partial charge in [-0.3, -0.25) is 4.79 Å². The smallest absolute Gasteiger partial charge is 0.256 e. The molecule has 1 amide bonds. The number of aromatic nitrogens is 1. The fourth-order valence-electron chi connectivity index (χ4n) is 3.56. The van der Waals surface area contributed by atoms with E-state index in [1.165, 1.54) is 5.56 Å². The molecule has 2 heterocycles. The van der Waals surface area contributed by atoms with Gasteiger partial charge in [0.05, 0.1) is 21.7 Å². The van der Waals surface area contributed by atoms with Crippen molar-refractivity contribution >= 4 is 33.8 Å². The molecule has 2 aromatic heterocycles. The minimum absolute atomic E-state index is 0.109. The Bertz CT molecular complexity index is 1190. The SMILES string of the molecule is Cc1ccc(NC(=O)c2cc(-c3cccs3)nc3c(C)cc(C)cc23)c(C)c1. The first-order valence-electron chi connectivity index (χ1n) is 9.27. The van der Waals surface area contributed by atoms with Crippen molar-refractivity contribution in [2.45, 2.75) is 27.7 Å². The van der Waals surface area contributed by atoms with Gasteiger partial charge < -0.3 is 5.32 Å². The van der Waals surface area contributed by atoms with Gasteiger partial charge in [-0.2, -0.15) is 0 Å². The van der Waals surface area contributed by atoms with E-state index in [2.05, 4.69) is 17.4 Å². The lowest BCUT2D eigenvalue weighted by Gasteiger charge is -2.13. The molecule has 0 atom stereocenters. The van der Waals surface area contributed by atoms with Crippen LogP contribution in [-0.4, -0.2) is 10.9 Å². The first kappa shape index (κ1) is 18.4. The third-order valence-electron chi connectivity index (χ3n) is 4.90. The molecule has 0 saturated heterocycles. The normalized spacial score (nSPS) is 11.0. The van der Waals surface area contributed by atoms with Gasteiger partial charge in [-0.25, -0.2) is 4.98 Å². The molecule has 0 spiro atoms. The highest BCUT2D eigenvalue weighted by molar-refractivity contribution is 7.13. The zero-order valence-corrected chi connectivity index (χ0v) is 17.3. The lowest BCUT2D eigenvalue weighted by atomic mass is 10.0. The Labute approximate surface area is 169 Å². The van der Waals surface area contributed by atoms with Crippen LogP contribution in [0.4, 0.5) is 5.69 Å². The Morgan fingerprint density at radius 2 is 1.71 bits per heavy atom. The van der Waals surface area contributed by atoms with E-state index in [0.717, 1.165) is 43.9 Å². The molecule has 4 heteroatoms. The molecule has 4 aromatic rings. The van der Waals surface area contributed by atoms with Crippen LogP contribution in [0.3, 0.4) is 0 Å². The molecular weight excluding hydrogens is 364 g/mol. The van der Waals surface area contributed by atoms with Crippen molar-refractivity contribution in [3.8, 4) is 10.6 Å². The van der Waals surface area contributed by atoms with E-state index in [0.29, 0.717) is 5.56 Å². The maximum Gasteiger partial charge on any atom is 0.256 e. The number of hydrogen-bond acceptors (Lipinski definition) is 3. The van der Waals surface area contributed by atoms with E-state index in [1.54, 1.807) is 11.3 Å². The van der Waals surface area contributed by atoms with Gasteiger partial charge in [0.15, 0.2) is 0 Å². The molecule has 0 aliphatic carbocycles. The summed E-state index contributed by atoms with van der Waals surface area (Å²) >= 11 is 1.63. The minimum atomic E-state index is -0.109. The molecule has 4 rings (SSSR count). The second-order valence-corrected chi connectivity index (χ2v) is 8.23. The summed E-state index contributed by atoms with van der Waals surface area (Å²) in [7, 11) is 0. The second kappa shape index (κ2) is 7.21. The lowest BCUT2D eigenvalue weighted by molar-refractivity contribution is 0.102. The maximum absolute atomic E-state index is 13.3. The number of benzene rings is 2. The molecule has 0 saturated carbocycles. The van der Waals surface area contributed by atoms with Crippen molar-refractivity contribution in [1.29, 1.82) is 0 Å². The van der Waals surface area contributed by atoms with E-state index < -0.39 is 0 Å². The number of hydrogen-bond donors (Lipinski definition) is 1. The summed E-state index contributed by atoms with van der Waals surface area (Å²) in [6.07, 6.45) is 0. The molecule has 0 fully saturated rings. The number of pyridine rings is 1. The maximum atomic E-state index is 13.3. The molecule has 28 heavy (non-hydrogen) atoms. The van der Waals surface area contributed by atoms with E-state index in [1.807, 2.05) is 69.5 Å². The lowest BCUT2D eigenvalue weighted by Crippen LogP contribution is -2.14. The summed E-state index contributed by atoms with van der Waals surface area (Å²) in [6, 6.07) is 16.2. The first-order chi connectivity index (χ1) is 13.4. The largest absolute Gasteiger partial charge is 0.322 e. The fraction of sp³-hybridized carbons (Fsp3) is 0.167. The van der Waals surface area contributed by atoms with E-state index in [9.17, 15) is 4.79 Å². The Balaban J connectivity index is 1.87. The van der Waals surface area contributed by atoms with E-state index in [4.69, 9.17) is 4.98 Å². The number of nitrogens with zero attached hydrogens (tertiary/aromatic N) is 1. The number of rotatable bonds is 3. The van der Waals surface area contributed by atoms with Crippen LogP contribution in [0.1, 0.15) is 32.6 Å². The number of nitrogens with one attached hydrogen (secondary N) is 1. The third kappa shape index (κ3) is 3.43. The van der Waals surface area contributed by atoms with Crippen LogP contribution in [-0.2, 0) is 0 Å². The summed E-state index contributed by atoms with van der Waals surface area (Å²) in [5.74, 6) is -0.109. The van der Waals surface area contributed by atoms with Crippen molar-refractivity contribution in [3.05, 3.63) is 81.7 Å². The molecule has 1 N–H and O–H groups in total. The molecular formula is C24H22N2OS. The predicted octanol–water partition coefficient (Wildman–Crippen LogP) is 6.45. The molecule has 0 aliphatic heterocycles. The van der Waals surface area contributed by atoms with Gasteiger partial charge in [0.2, 0.25) is 0 Å². The van der Waals surface area contributed by atoms with Crippen LogP contribution in [0.5, 0.6) is 0 Å². The molecule has 0 radical (unpaired) electrons. The van der Waals surface area contributed by atoms with Crippen LogP contribution in [0.25, 0.3) is 21.5 Å². The summed E-state index contributed by atoms with van der Waals surface area (Å²) in [4.78, 5) is 19.2. The highest BCUT2D eigenvalue weighted by Gasteiger charge is 2.17. The molecule has 0 unspecified atom stereocenters. The average molecular weight is 387 g/mol. The number of amides is 1. The molecule has 2 aromatic carbocycles. The Morgan fingerprint density at radius 3 is 2.43 bits per heavy atom. The summed E-state index contributed by atoms with van der Waals surface area (Å²) in [5, 5.41) is 6.01. The van der Waals surface area contributed by atoms with E-state index in [-0.39, 0.29) is 5.91 Å². The Kier molecular flexibility index (Phi) is 4.73. The van der Waals surface area contributed by atoms with Gasteiger partial charge in [-0.05, 0) is 68.5 Å². The van der Waals surface area contributed by atoms with Gasteiger partial charge in [0.25, 0.3) is 5.91 Å². The van der Waals surface area contributed by atoms with Crippen molar-refractivity contribution in [2.75, 3.05) is 5.32 Å². The number of thiophene rings is 1. The number of aryl methyl sites for hydroxylation is 4. The molecule has 140 valence electrons. The topological polar surface area (TPSA) is 42.0 Å². The Morgan fingerprint density at radius 1 is 0.929 bits per heavy atom. The van der Waals surface area contributed by atoms with Crippen molar-refractivity contribution < 1.29 is 4.79 Å². The number of anilines is 1. The highest BCUT2D eigenvalue weighted by atomic mass is 32.1. The minimum Gasteiger partial charge on any atom is -0.322 e. The Hall–Kier alpha value is -2.98. The van der Waals surface area contributed by atoms with Gasteiger partial charge in [-0.1, -0.05) is 35.4 Å². The monoisotopic (exact) mass is 386 g/mol. The average Bonchev–Trinajstić information content (AvgIpc) is 3.18. The summed E-state index contributed by atoms with van der Waals surface area (Å²) in [6.45, 7) is 8.16. The fourth-order valence-corrected chi connectivity index (χ4v) is 4.25. The molecule has 0 bridgehead atoms. The van der Waals surface area contributed by atoms with Crippen molar-refractivity contribution in [1.82, 2.24) is 4.98 Å². The van der Waals surface area contributed by atoms with Gasteiger partial charge in [0.1, 0.15) is 0 Å². The summed E-state index contributed by atoms with van der Waals surface area (Å²) < 4.78 is 0. The second-order valence-electron chi connectivity index (χ2n) is 7.28. The van der Waals surface area contributed by atoms with Gasteiger partial charge in [-0.15, -0.1) is 11.3 Å². The zero-order valence-electron chi connectivity index (χ0n) is 16.5. The summed E-state index contributed by atoms with van der Waals surface area (Å²) in [5.41, 5.74) is 7.63. The van der Waals surface area contributed by atoms with Crippen LogP contribution in [0.2, 0.25) is 0 Å². The number of fused-ring (bicyclic) bond motifs is 1. The van der Waals surface area contributed by atoms with Crippen molar-refractivity contribution in [3.63, 3.8) is 0 Å². The van der Waals surface area contributed by atoms with E-state index >= 15 is 0 Å². The van der Waals surface area contributed by atoms with Crippen molar-refractivity contribution in [2.24, 2.45) is 0 Å². The quantitative estimate of drug-likeness (QED) is 0.440. The van der Waals surface area contributed by atoms with Crippen LogP contribution >= 0.6 is 11.3 Å². The predicted molar refractivity (Wildman–Crippen MR) is 118 cm³/mol. The zero-order chi connectivity index (χ0) is 19.8. The highest BCUT2D eigenvalue weighted by Crippen LogP contribution is 2.30. The van der Waals surface area contributed by atoms with Gasteiger partial charge in [0, 0.05) is 11.1 Å². The van der Waals surface area contributed by atoms with Crippen LogP contribution in [0.15, 0.2) is 53.9 Å². The molecule has 3 nitrogen and oxygen atoms in total. The van der Waals surface area contributed by atoms with Crippen LogP contribution < -0.4 is 5.32 Å². The number of carbonyl (C=O) groups is 1. The van der Waals surface area contributed by atoms with Gasteiger partial charge >= 0.3 is 0 Å².